The number of benzene rings is 2. The van der Waals surface area contributed by atoms with Gasteiger partial charge in [0, 0.05) is 52.6 Å². The summed E-state index contributed by atoms with van der Waals surface area (Å²) in [5.41, 5.74) is 2.25. The van der Waals surface area contributed by atoms with E-state index < -0.39 is 0 Å². The number of nitrogens with zero attached hydrogens (tertiary/aromatic N) is 2. The highest BCUT2D eigenvalue weighted by atomic mass is 16.2. The van der Waals surface area contributed by atoms with Crippen LogP contribution in [0.4, 0.5) is 0 Å². The Morgan fingerprint density at radius 1 is 0.750 bits per heavy atom. The van der Waals surface area contributed by atoms with Gasteiger partial charge in [-0.25, -0.2) is 0 Å². The Bertz CT molecular complexity index is 905. The second-order valence-electron chi connectivity index (χ2n) is 9.14. The van der Waals surface area contributed by atoms with Gasteiger partial charge in [0.25, 0.3) is 0 Å². The highest BCUT2D eigenvalue weighted by Gasteiger charge is 2.16. The summed E-state index contributed by atoms with van der Waals surface area (Å²) in [6, 6.07) is 20.1. The van der Waals surface area contributed by atoms with E-state index in [9.17, 15) is 14.4 Å². The summed E-state index contributed by atoms with van der Waals surface area (Å²) in [6.45, 7) is 7.68. The third kappa shape index (κ3) is 12.5. The molecule has 2 aromatic carbocycles. The summed E-state index contributed by atoms with van der Waals surface area (Å²) in [6.07, 6.45) is 3.79. The molecule has 0 fully saturated rings. The molecule has 2 N–H and O–H groups in total. The molecule has 0 radical (unpaired) electrons. The lowest BCUT2D eigenvalue weighted by molar-refractivity contribution is -0.132. The van der Waals surface area contributed by atoms with Gasteiger partial charge >= 0.3 is 0 Å². The maximum absolute atomic E-state index is 13.0. The van der Waals surface area contributed by atoms with Gasteiger partial charge in [0.1, 0.15) is 0 Å². The third-order valence-electron chi connectivity index (χ3n) is 5.88. The molecule has 36 heavy (non-hydrogen) atoms. The molecule has 0 unspecified atom stereocenters. The number of unbranched alkanes of at least 4 members (excludes halogenated alkanes) is 1. The van der Waals surface area contributed by atoms with E-state index in [1.165, 1.54) is 6.92 Å². The second kappa shape index (κ2) is 17.3. The molecular weight excluding hydrogens is 452 g/mol. The van der Waals surface area contributed by atoms with Crippen LogP contribution in [-0.2, 0) is 27.5 Å². The molecule has 0 spiro atoms. The first-order valence-electron chi connectivity index (χ1n) is 13.1. The zero-order valence-electron chi connectivity index (χ0n) is 21.9. The highest BCUT2D eigenvalue weighted by Crippen LogP contribution is 2.10. The highest BCUT2D eigenvalue weighted by molar-refractivity contribution is 5.78. The maximum atomic E-state index is 13.0. The first kappa shape index (κ1) is 29.0. The normalized spacial score (nSPS) is 10.8. The number of carbonyl (C=O) groups is 3. The molecule has 3 amide bonds. The minimum absolute atomic E-state index is 0.0366. The molecule has 0 aliphatic carbocycles. The van der Waals surface area contributed by atoms with E-state index in [0.717, 1.165) is 30.4 Å². The van der Waals surface area contributed by atoms with Crippen LogP contribution >= 0.6 is 0 Å². The van der Waals surface area contributed by atoms with Gasteiger partial charge < -0.3 is 15.5 Å². The van der Waals surface area contributed by atoms with Crippen molar-refractivity contribution >= 4 is 17.7 Å². The molecule has 7 heteroatoms. The lowest BCUT2D eigenvalue weighted by atomic mass is 10.1. The molecule has 2 rings (SSSR count). The van der Waals surface area contributed by atoms with E-state index in [1.807, 2.05) is 53.4 Å². The van der Waals surface area contributed by atoms with Crippen molar-refractivity contribution in [1.29, 1.82) is 0 Å². The first-order chi connectivity index (χ1) is 17.5. The van der Waals surface area contributed by atoms with Gasteiger partial charge in [-0.3, -0.25) is 19.3 Å². The predicted octanol–water partition coefficient (Wildman–Crippen LogP) is 3.74. The third-order valence-corrected chi connectivity index (χ3v) is 5.88. The van der Waals surface area contributed by atoms with Gasteiger partial charge in [-0.05, 0) is 30.4 Å². The van der Waals surface area contributed by atoms with Crippen LogP contribution < -0.4 is 10.6 Å². The standard InChI is InChI=1S/C29H42N4O3/c1-3-4-18-31-28(35)24-32(22-26-13-7-5-8-14-26)20-12-21-33(23-27-15-9-6-10-16-27)29(36)17-11-19-30-25(2)34/h5-10,13-16H,3-4,11-12,17-24H2,1-2H3,(H,30,34)(H,31,35). The van der Waals surface area contributed by atoms with Crippen molar-refractivity contribution < 1.29 is 14.4 Å². The summed E-state index contributed by atoms with van der Waals surface area (Å²) in [5.74, 6) is 0.0338. The molecule has 7 nitrogen and oxygen atoms in total. The zero-order valence-corrected chi connectivity index (χ0v) is 21.9. The monoisotopic (exact) mass is 494 g/mol. The van der Waals surface area contributed by atoms with Crippen molar-refractivity contribution in [2.24, 2.45) is 0 Å². The SMILES string of the molecule is CCCCNC(=O)CN(CCCN(Cc1ccccc1)C(=O)CCCNC(C)=O)Cc1ccccc1. The van der Waals surface area contributed by atoms with Gasteiger partial charge in [0.05, 0.1) is 6.54 Å². The molecular formula is C29H42N4O3. The van der Waals surface area contributed by atoms with Gasteiger partial charge in [0.2, 0.25) is 17.7 Å². The Morgan fingerprint density at radius 2 is 1.36 bits per heavy atom. The number of hydrogen-bond acceptors (Lipinski definition) is 4. The van der Waals surface area contributed by atoms with Crippen molar-refractivity contribution in [3.8, 4) is 0 Å². The molecule has 0 aromatic heterocycles. The van der Waals surface area contributed by atoms with Gasteiger partial charge in [-0.15, -0.1) is 0 Å². The summed E-state index contributed by atoms with van der Waals surface area (Å²) in [4.78, 5) is 40.7. The molecule has 2 aromatic rings. The van der Waals surface area contributed by atoms with Crippen molar-refractivity contribution in [3.05, 3.63) is 71.8 Å². The minimum Gasteiger partial charge on any atom is -0.356 e. The van der Waals surface area contributed by atoms with E-state index in [4.69, 9.17) is 0 Å². The van der Waals surface area contributed by atoms with Crippen molar-refractivity contribution in [2.75, 3.05) is 32.7 Å². The van der Waals surface area contributed by atoms with Crippen molar-refractivity contribution in [3.63, 3.8) is 0 Å². The van der Waals surface area contributed by atoms with E-state index in [-0.39, 0.29) is 17.7 Å². The van der Waals surface area contributed by atoms with Crippen LogP contribution in [0.3, 0.4) is 0 Å². The molecule has 0 aliphatic rings. The van der Waals surface area contributed by atoms with Crippen molar-refractivity contribution in [2.45, 2.75) is 59.0 Å². The maximum Gasteiger partial charge on any atom is 0.234 e. The number of nitrogens with one attached hydrogen (secondary N) is 2. The lowest BCUT2D eigenvalue weighted by Gasteiger charge is -2.26. The quantitative estimate of drug-likeness (QED) is 0.328. The van der Waals surface area contributed by atoms with Crippen LogP contribution in [0.1, 0.15) is 57.1 Å². The smallest absolute Gasteiger partial charge is 0.234 e. The summed E-state index contributed by atoms with van der Waals surface area (Å²) >= 11 is 0. The van der Waals surface area contributed by atoms with E-state index in [2.05, 4.69) is 34.6 Å². The fourth-order valence-electron chi connectivity index (χ4n) is 3.96. The lowest BCUT2D eigenvalue weighted by Crippen LogP contribution is -2.39. The van der Waals surface area contributed by atoms with E-state index >= 15 is 0 Å². The Morgan fingerprint density at radius 3 is 1.97 bits per heavy atom. The first-order valence-corrected chi connectivity index (χ1v) is 13.1. The molecule has 0 bridgehead atoms. The number of rotatable bonds is 17. The molecule has 0 heterocycles. The summed E-state index contributed by atoms with van der Waals surface area (Å²) < 4.78 is 0. The predicted molar refractivity (Wildman–Crippen MR) is 144 cm³/mol. The van der Waals surface area contributed by atoms with Crippen LogP contribution in [0.2, 0.25) is 0 Å². The molecule has 0 atom stereocenters. The van der Waals surface area contributed by atoms with Gasteiger partial charge in [-0.2, -0.15) is 0 Å². The van der Waals surface area contributed by atoms with E-state index in [0.29, 0.717) is 58.7 Å². The average Bonchev–Trinajstić information content (AvgIpc) is 2.87. The second-order valence-corrected chi connectivity index (χ2v) is 9.14. The Hall–Kier alpha value is -3.19. The average molecular weight is 495 g/mol. The zero-order chi connectivity index (χ0) is 26.0. The summed E-state index contributed by atoms with van der Waals surface area (Å²) in [7, 11) is 0. The summed E-state index contributed by atoms with van der Waals surface area (Å²) in [5, 5.41) is 5.76. The van der Waals surface area contributed by atoms with Crippen molar-refractivity contribution in [1.82, 2.24) is 20.4 Å². The largest absolute Gasteiger partial charge is 0.356 e. The fourth-order valence-corrected chi connectivity index (χ4v) is 3.96. The number of carbonyl (C=O) groups excluding carboxylic acids is 3. The van der Waals surface area contributed by atoms with Crippen LogP contribution in [-0.4, -0.2) is 60.2 Å². The Labute approximate surface area is 216 Å². The topological polar surface area (TPSA) is 81.8 Å². The Balaban J connectivity index is 1.97. The van der Waals surface area contributed by atoms with Gasteiger partial charge in [-0.1, -0.05) is 74.0 Å². The molecule has 196 valence electrons. The number of amides is 3. The van der Waals surface area contributed by atoms with Crippen LogP contribution in [0, 0.1) is 0 Å². The molecule has 0 saturated carbocycles. The molecule has 0 aliphatic heterocycles. The van der Waals surface area contributed by atoms with E-state index in [1.54, 1.807) is 0 Å². The Kier molecular flexibility index (Phi) is 13.9. The van der Waals surface area contributed by atoms with Gasteiger partial charge in [0.15, 0.2) is 0 Å². The molecule has 0 saturated heterocycles. The minimum atomic E-state index is -0.0826. The van der Waals surface area contributed by atoms with Crippen LogP contribution in [0.5, 0.6) is 0 Å². The van der Waals surface area contributed by atoms with Crippen LogP contribution in [0.15, 0.2) is 60.7 Å². The van der Waals surface area contributed by atoms with Crippen LogP contribution in [0.25, 0.3) is 0 Å². The number of hydrogen-bond donors (Lipinski definition) is 2. The fraction of sp³-hybridized carbons (Fsp3) is 0.483.